The van der Waals surface area contributed by atoms with Gasteiger partial charge in [0, 0.05) is 51.6 Å². The number of benzene rings is 1. The van der Waals surface area contributed by atoms with Gasteiger partial charge in [0.2, 0.25) is 5.95 Å². The van der Waals surface area contributed by atoms with E-state index >= 15 is 0 Å². The van der Waals surface area contributed by atoms with Gasteiger partial charge in [-0.25, -0.2) is 15.0 Å². The first-order valence-electron chi connectivity index (χ1n) is 11.2. The van der Waals surface area contributed by atoms with Crippen molar-refractivity contribution < 1.29 is 4.74 Å². The van der Waals surface area contributed by atoms with Gasteiger partial charge in [-0.3, -0.25) is 0 Å². The monoisotopic (exact) mass is 496 g/mol. The molecule has 0 amide bonds. The Kier molecular flexibility index (Phi) is 9.11. The number of aromatic nitrogens is 3. The molecular formula is C25H33ClN8O. The predicted molar refractivity (Wildman–Crippen MR) is 147 cm³/mol. The Morgan fingerprint density at radius 2 is 1.89 bits per heavy atom. The van der Waals surface area contributed by atoms with Crippen molar-refractivity contribution in [1.82, 2.24) is 19.9 Å². The van der Waals surface area contributed by atoms with E-state index in [0.717, 1.165) is 41.5 Å². The minimum Gasteiger partial charge on any atom is -0.494 e. The molecule has 35 heavy (non-hydrogen) atoms. The van der Waals surface area contributed by atoms with Gasteiger partial charge in [0.25, 0.3) is 0 Å². The van der Waals surface area contributed by atoms with E-state index in [2.05, 4.69) is 68.4 Å². The molecule has 3 aromatic rings. The van der Waals surface area contributed by atoms with Crippen LogP contribution in [0.25, 0.3) is 11.3 Å². The normalized spacial score (nSPS) is 10.7. The molecule has 0 radical (unpaired) electrons. The van der Waals surface area contributed by atoms with Gasteiger partial charge >= 0.3 is 0 Å². The third kappa shape index (κ3) is 6.74. The lowest BCUT2D eigenvalue weighted by Crippen LogP contribution is -2.29. The van der Waals surface area contributed by atoms with Gasteiger partial charge < -0.3 is 30.5 Å². The first-order chi connectivity index (χ1) is 16.9. The van der Waals surface area contributed by atoms with E-state index in [9.17, 15) is 0 Å². The Balaban J connectivity index is 1.95. The summed E-state index contributed by atoms with van der Waals surface area (Å²) in [5.74, 6) is 1.82. The Hall–Kier alpha value is -3.56. The van der Waals surface area contributed by atoms with Crippen LogP contribution < -0.4 is 25.6 Å². The summed E-state index contributed by atoms with van der Waals surface area (Å²) in [6.45, 7) is 6.23. The summed E-state index contributed by atoms with van der Waals surface area (Å²) in [6.07, 6.45) is 5.12. The fourth-order valence-corrected chi connectivity index (χ4v) is 3.58. The van der Waals surface area contributed by atoms with Gasteiger partial charge in [-0.1, -0.05) is 17.7 Å². The van der Waals surface area contributed by atoms with Crippen molar-refractivity contribution in [3.05, 3.63) is 54.3 Å². The van der Waals surface area contributed by atoms with Crippen LogP contribution in [0.15, 0.2) is 49.3 Å². The zero-order valence-electron chi connectivity index (χ0n) is 20.9. The summed E-state index contributed by atoms with van der Waals surface area (Å²) in [4.78, 5) is 17.7. The number of methoxy groups -OCH3 is 1. The van der Waals surface area contributed by atoms with Crippen LogP contribution in [0.2, 0.25) is 5.02 Å². The topological polar surface area (TPSA) is 90.5 Å². The third-order valence-corrected chi connectivity index (χ3v) is 5.61. The zero-order chi connectivity index (χ0) is 25.4. The maximum absolute atomic E-state index is 6.41. The van der Waals surface area contributed by atoms with Crippen LogP contribution >= 0.6 is 11.6 Å². The first kappa shape index (κ1) is 26.1. The molecule has 3 N–H and O–H groups in total. The Morgan fingerprint density at radius 3 is 2.51 bits per heavy atom. The highest BCUT2D eigenvalue weighted by atomic mass is 35.5. The summed E-state index contributed by atoms with van der Waals surface area (Å²) >= 11 is 6.41. The molecule has 0 unspecified atom stereocenters. The molecule has 10 heteroatoms. The lowest BCUT2D eigenvalue weighted by molar-refractivity contribution is 0.413. The molecule has 186 valence electrons. The molecule has 0 saturated heterocycles. The molecule has 0 aliphatic carbocycles. The summed E-state index contributed by atoms with van der Waals surface area (Å²) in [5.41, 5.74) is 4.06. The van der Waals surface area contributed by atoms with Crippen LogP contribution in [0, 0.1) is 0 Å². The summed E-state index contributed by atoms with van der Waals surface area (Å²) in [7, 11) is 9.64. The number of hydrogen-bond donors (Lipinski definition) is 3. The van der Waals surface area contributed by atoms with Gasteiger partial charge in [0.05, 0.1) is 41.1 Å². The molecule has 0 bridgehead atoms. The molecule has 1 aromatic carbocycles. The van der Waals surface area contributed by atoms with E-state index < -0.39 is 0 Å². The Labute approximate surface area is 212 Å². The number of pyridine rings is 1. The molecule has 0 fully saturated rings. The number of ether oxygens (including phenoxy) is 1. The van der Waals surface area contributed by atoms with E-state index in [-0.39, 0.29) is 0 Å². The van der Waals surface area contributed by atoms with Crippen molar-refractivity contribution in [3.8, 4) is 17.0 Å². The quantitative estimate of drug-likeness (QED) is 0.311. The third-order valence-electron chi connectivity index (χ3n) is 5.33. The molecule has 0 spiro atoms. The lowest BCUT2D eigenvalue weighted by Gasteiger charge is -2.26. The standard InChI is InChI=1S/C25H33ClN8O/c1-7-10-28-19-13-20(22(35-6)14-21(19)34(5)12-11-33(3)4)31-25-30-16-18(26)24(32-25)17-8-9-23(27-2)29-15-17/h7-9,13-16,28H,1,10-12H2,2-6H3,(H,27,29)(H,30,31,32). The van der Waals surface area contributed by atoms with Gasteiger partial charge in [-0.2, -0.15) is 0 Å². The highest BCUT2D eigenvalue weighted by molar-refractivity contribution is 6.32. The molecule has 9 nitrogen and oxygen atoms in total. The number of nitrogens with zero attached hydrogens (tertiary/aromatic N) is 5. The summed E-state index contributed by atoms with van der Waals surface area (Å²) < 4.78 is 5.71. The van der Waals surface area contributed by atoms with Crippen LogP contribution in [0.3, 0.4) is 0 Å². The van der Waals surface area contributed by atoms with Gasteiger partial charge in [-0.05, 0) is 32.3 Å². The van der Waals surface area contributed by atoms with Crippen molar-refractivity contribution in [2.75, 3.05) is 75.8 Å². The predicted octanol–water partition coefficient (Wildman–Crippen LogP) is 4.58. The zero-order valence-corrected chi connectivity index (χ0v) is 21.6. The fourth-order valence-electron chi connectivity index (χ4n) is 3.38. The van der Waals surface area contributed by atoms with Crippen molar-refractivity contribution in [2.45, 2.75) is 0 Å². The van der Waals surface area contributed by atoms with E-state index in [1.165, 1.54) is 0 Å². The maximum atomic E-state index is 6.41. The summed E-state index contributed by atoms with van der Waals surface area (Å²) in [6, 6.07) is 7.77. The van der Waals surface area contributed by atoms with Crippen molar-refractivity contribution in [1.29, 1.82) is 0 Å². The van der Waals surface area contributed by atoms with Gasteiger partial charge in [0.1, 0.15) is 11.6 Å². The summed E-state index contributed by atoms with van der Waals surface area (Å²) in [5, 5.41) is 10.1. The number of rotatable bonds is 12. The van der Waals surface area contributed by atoms with Crippen LogP contribution in [-0.4, -0.2) is 74.8 Å². The van der Waals surface area contributed by atoms with Crippen molar-refractivity contribution >= 4 is 40.4 Å². The molecule has 0 aliphatic rings. The van der Waals surface area contributed by atoms with Crippen LogP contribution in [0.5, 0.6) is 5.75 Å². The average molecular weight is 497 g/mol. The highest BCUT2D eigenvalue weighted by Gasteiger charge is 2.16. The van der Waals surface area contributed by atoms with Gasteiger partial charge in [0.15, 0.2) is 0 Å². The number of halogens is 1. The fraction of sp³-hybridized carbons (Fsp3) is 0.320. The molecule has 0 aliphatic heterocycles. The molecule has 0 atom stereocenters. The first-order valence-corrected chi connectivity index (χ1v) is 11.6. The van der Waals surface area contributed by atoms with Crippen LogP contribution in [0.4, 0.5) is 28.8 Å². The van der Waals surface area contributed by atoms with Crippen LogP contribution in [0.1, 0.15) is 0 Å². The molecule has 2 aromatic heterocycles. The smallest absolute Gasteiger partial charge is 0.227 e. The second kappa shape index (κ2) is 12.2. The van der Waals surface area contributed by atoms with Crippen molar-refractivity contribution in [2.24, 2.45) is 0 Å². The number of anilines is 5. The van der Waals surface area contributed by atoms with E-state index in [1.807, 2.05) is 37.4 Å². The number of nitrogens with one attached hydrogen (secondary N) is 3. The SMILES string of the molecule is C=CCNc1cc(Nc2ncc(Cl)c(-c3ccc(NC)nc3)n2)c(OC)cc1N(C)CCN(C)C. The maximum Gasteiger partial charge on any atom is 0.227 e. The van der Waals surface area contributed by atoms with Crippen molar-refractivity contribution in [3.63, 3.8) is 0 Å². The second-order valence-electron chi connectivity index (χ2n) is 8.16. The van der Waals surface area contributed by atoms with E-state index in [4.69, 9.17) is 16.3 Å². The largest absolute Gasteiger partial charge is 0.494 e. The van der Waals surface area contributed by atoms with Gasteiger partial charge in [-0.15, -0.1) is 6.58 Å². The van der Waals surface area contributed by atoms with Crippen LogP contribution in [-0.2, 0) is 0 Å². The number of hydrogen-bond acceptors (Lipinski definition) is 9. The minimum atomic E-state index is 0.392. The Morgan fingerprint density at radius 1 is 1.09 bits per heavy atom. The average Bonchev–Trinajstić information content (AvgIpc) is 2.87. The molecule has 0 saturated carbocycles. The molecular weight excluding hydrogens is 464 g/mol. The molecule has 2 heterocycles. The lowest BCUT2D eigenvalue weighted by atomic mass is 10.2. The Bertz CT molecular complexity index is 1140. The second-order valence-corrected chi connectivity index (χ2v) is 8.57. The minimum absolute atomic E-state index is 0.392. The van der Waals surface area contributed by atoms with E-state index in [0.29, 0.717) is 29.0 Å². The molecule has 3 rings (SSSR count). The number of likely N-dealkylation sites (N-methyl/N-ethyl adjacent to an activating group) is 2. The van der Waals surface area contributed by atoms with E-state index in [1.54, 1.807) is 19.5 Å². The highest BCUT2D eigenvalue weighted by Crippen LogP contribution is 2.38.